The molecule has 0 aromatic carbocycles. The molecule has 0 aliphatic carbocycles. The Balaban J connectivity index is 4.78. The molecule has 0 aliphatic heterocycles. The molecule has 0 aliphatic rings. The number of carbonyl (C=O) groups is 1. The fraction of sp³-hybridized carbons (Fsp3) is 0.941. The molecule has 0 amide bonds. The summed E-state index contributed by atoms with van der Waals surface area (Å²) < 4.78 is 32.5. The first-order chi connectivity index (χ1) is 11.3. The minimum Gasteiger partial charge on any atom is -0.376 e. The third kappa shape index (κ3) is 10.1. The van der Waals surface area contributed by atoms with E-state index in [1.54, 1.807) is 0 Å². The van der Waals surface area contributed by atoms with E-state index in [9.17, 15) is 4.79 Å². The second-order valence-electron chi connectivity index (χ2n) is 5.57. The fourth-order valence-electron chi connectivity index (χ4n) is 1.67. The predicted molar refractivity (Wildman–Crippen MR) is 89.3 cm³/mol. The molecule has 7 heteroatoms. The molecule has 0 heterocycles. The molecule has 0 bridgehead atoms. The lowest BCUT2D eigenvalue weighted by Gasteiger charge is -2.32. The maximum Gasteiger partial charge on any atom is 0.516 e. The summed E-state index contributed by atoms with van der Waals surface area (Å²) in [6, 6.07) is 0. The van der Waals surface area contributed by atoms with Crippen molar-refractivity contribution in [2.75, 3.05) is 26.4 Å². The lowest BCUT2D eigenvalue weighted by molar-refractivity contribution is -0.381. The Labute approximate surface area is 145 Å². The van der Waals surface area contributed by atoms with Gasteiger partial charge in [-0.1, -0.05) is 27.7 Å². The normalized spacial score (nSPS) is 12.2. The Morgan fingerprint density at radius 1 is 0.625 bits per heavy atom. The largest absolute Gasteiger partial charge is 0.516 e. The topological polar surface area (TPSA) is 72.5 Å². The van der Waals surface area contributed by atoms with Crippen LogP contribution in [0.25, 0.3) is 0 Å². The van der Waals surface area contributed by atoms with Crippen molar-refractivity contribution in [1.82, 2.24) is 0 Å². The van der Waals surface area contributed by atoms with Gasteiger partial charge >= 0.3 is 18.1 Å². The summed E-state index contributed by atoms with van der Waals surface area (Å²) in [4.78, 5) is 12.2. The van der Waals surface area contributed by atoms with E-state index in [1.807, 2.05) is 27.7 Å². The van der Waals surface area contributed by atoms with Gasteiger partial charge in [0.15, 0.2) is 0 Å². The highest BCUT2D eigenvalue weighted by molar-refractivity contribution is 5.60. The van der Waals surface area contributed by atoms with Gasteiger partial charge in [-0.15, -0.1) is 0 Å². The first-order valence-electron chi connectivity index (χ1n) is 8.82. The summed E-state index contributed by atoms with van der Waals surface area (Å²) in [5.74, 6) is -3.00. The van der Waals surface area contributed by atoms with Gasteiger partial charge in [0.05, 0.1) is 26.4 Å². The number of ether oxygens (including phenoxy) is 6. The minimum absolute atomic E-state index is 0.392. The van der Waals surface area contributed by atoms with Gasteiger partial charge in [0.1, 0.15) is 0 Å². The zero-order valence-corrected chi connectivity index (χ0v) is 16.0. The van der Waals surface area contributed by atoms with E-state index in [1.165, 1.54) is 13.8 Å². The molecule has 0 radical (unpaired) electrons. The predicted octanol–water partition coefficient (Wildman–Crippen LogP) is 4.19. The molecule has 0 rings (SSSR count). The Bertz CT molecular complexity index is 287. The lowest BCUT2D eigenvalue weighted by atomic mass is 10.5. The number of hydrogen-bond donors (Lipinski definition) is 0. The highest BCUT2D eigenvalue weighted by Crippen LogP contribution is 2.21. The van der Waals surface area contributed by atoms with E-state index in [0.717, 1.165) is 25.7 Å². The Morgan fingerprint density at radius 3 is 1.08 bits per heavy atom. The van der Waals surface area contributed by atoms with Crippen molar-refractivity contribution < 1.29 is 33.2 Å². The number of carbonyl (C=O) groups excluding carboxylic acids is 1. The molecule has 0 unspecified atom stereocenters. The molecule has 0 saturated carbocycles. The molecule has 144 valence electrons. The zero-order valence-electron chi connectivity index (χ0n) is 16.0. The van der Waals surface area contributed by atoms with E-state index in [-0.39, 0.29) is 0 Å². The standard InChI is InChI=1S/C17H34O7/c1-7-11-19-16(5,20-12-8-2)23-15(18)24-17(6,21-13-9-3)22-14-10-4/h7-14H2,1-6H3. The summed E-state index contributed by atoms with van der Waals surface area (Å²) in [7, 11) is 0. The zero-order chi connectivity index (χ0) is 18.5. The van der Waals surface area contributed by atoms with Crippen molar-refractivity contribution in [2.24, 2.45) is 0 Å². The van der Waals surface area contributed by atoms with E-state index in [0.29, 0.717) is 26.4 Å². The van der Waals surface area contributed by atoms with Crippen LogP contribution < -0.4 is 0 Å². The maximum atomic E-state index is 12.2. The summed E-state index contributed by atoms with van der Waals surface area (Å²) in [6.07, 6.45) is 2.08. The van der Waals surface area contributed by atoms with Gasteiger partial charge in [-0.3, -0.25) is 0 Å². The van der Waals surface area contributed by atoms with Gasteiger partial charge < -0.3 is 28.4 Å². The van der Waals surface area contributed by atoms with Gasteiger partial charge in [-0.05, 0) is 25.7 Å². The van der Waals surface area contributed by atoms with E-state index in [4.69, 9.17) is 28.4 Å². The first kappa shape index (κ1) is 23.1. The van der Waals surface area contributed by atoms with Crippen LogP contribution in [0.5, 0.6) is 0 Å². The number of rotatable bonds is 14. The van der Waals surface area contributed by atoms with E-state index >= 15 is 0 Å². The summed E-state index contributed by atoms with van der Waals surface area (Å²) >= 11 is 0. The van der Waals surface area contributed by atoms with Gasteiger partial charge in [0.25, 0.3) is 0 Å². The Kier molecular flexibility index (Phi) is 12.0. The van der Waals surface area contributed by atoms with Crippen LogP contribution in [0.3, 0.4) is 0 Å². The van der Waals surface area contributed by atoms with Crippen molar-refractivity contribution in [3.8, 4) is 0 Å². The Hall–Kier alpha value is -0.890. The SMILES string of the molecule is CCCOC(C)(OCCC)OC(=O)OC(C)(OCCC)OCCC. The van der Waals surface area contributed by atoms with Crippen LogP contribution in [-0.2, 0) is 28.4 Å². The highest BCUT2D eigenvalue weighted by atomic mass is 17.0. The second kappa shape index (κ2) is 12.5. The summed E-state index contributed by atoms with van der Waals surface area (Å²) in [5, 5.41) is 0. The van der Waals surface area contributed by atoms with Crippen LogP contribution in [0.1, 0.15) is 67.2 Å². The molecule has 7 nitrogen and oxygen atoms in total. The molecule has 0 fully saturated rings. The summed E-state index contributed by atoms with van der Waals surface area (Å²) in [6.45, 7) is 12.5. The quantitative estimate of drug-likeness (QED) is 0.343. The van der Waals surface area contributed by atoms with Crippen LogP contribution in [0.15, 0.2) is 0 Å². The van der Waals surface area contributed by atoms with Crippen LogP contribution in [-0.4, -0.2) is 44.5 Å². The van der Waals surface area contributed by atoms with Gasteiger partial charge in [0.2, 0.25) is 0 Å². The van der Waals surface area contributed by atoms with Crippen LogP contribution in [0.4, 0.5) is 4.79 Å². The van der Waals surface area contributed by atoms with E-state index in [2.05, 4.69) is 0 Å². The van der Waals surface area contributed by atoms with Crippen LogP contribution >= 0.6 is 0 Å². The molecule has 0 aromatic rings. The van der Waals surface area contributed by atoms with Crippen molar-refractivity contribution in [3.05, 3.63) is 0 Å². The molecule has 0 aromatic heterocycles. The third-order valence-electron chi connectivity index (χ3n) is 2.81. The maximum absolute atomic E-state index is 12.2. The monoisotopic (exact) mass is 350 g/mol. The Morgan fingerprint density at radius 2 is 0.875 bits per heavy atom. The second-order valence-corrected chi connectivity index (χ2v) is 5.57. The molecular formula is C17H34O7. The van der Waals surface area contributed by atoms with Crippen molar-refractivity contribution in [2.45, 2.75) is 79.2 Å². The molecular weight excluding hydrogens is 316 g/mol. The number of hydrogen-bond acceptors (Lipinski definition) is 7. The average molecular weight is 350 g/mol. The van der Waals surface area contributed by atoms with Crippen molar-refractivity contribution in [1.29, 1.82) is 0 Å². The molecule has 24 heavy (non-hydrogen) atoms. The minimum atomic E-state index is -1.50. The van der Waals surface area contributed by atoms with Crippen LogP contribution in [0.2, 0.25) is 0 Å². The van der Waals surface area contributed by atoms with Gasteiger partial charge in [-0.2, -0.15) is 0 Å². The fourth-order valence-corrected chi connectivity index (χ4v) is 1.67. The van der Waals surface area contributed by atoms with Gasteiger partial charge in [-0.25, -0.2) is 4.79 Å². The molecule has 0 atom stereocenters. The first-order valence-corrected chi connectivity index (χ1v) is 8.82. The smallest absolute Gasteiger partial charge is 0.376 e. The van der Waals surface area contributed by atoms with Gasteiger partial charge in [0, 0.05) is 13.8 Å². The molecule has 0 saturated heterocycles. The average Bonchev–Trinajstić information content (AvgIpc) is 2.54. The lowest BCUT2D eigenvalue weighted by Crippen LogP contribution is -2.43. The molecule has 0 N–H and O–H groups in total. The van der Waals surface area contributed by atoms with Crippen molar-refractivity contribution in [3.63, 3.8) is 0 Å². The summed E-state index contributed by atoms with van der Waals surface area (Å²) in [5.41, 5.74) is 0. The van der Waals surface area contributed by atoms with Crippen molar-refractivity contribution >= 4 is 6.16 Å². The van der Waals surface area contributed by atoms with E-state index < -0.39 is 18.1 Å². The van der Waals surface area contributed by atoms with Crippen LogP contribution in [0, 0.1) is 0 Å². The highest BCUT2D eigenvalue weighted by Gasteiger charge is 2.37. The molecule has 0 spiro atoms. The third-order valence-corrected chi connectivity index (χ3v) is 2.81.